The van der Waals surface area contributed by atoms with Crippen molar-refractivity contribution in [2.45, 2.75) is 237 Å². The number of hydrogen-bond acceptors (Lipinski definition) is 18. The molecule has 115 heavy (non-hydrogen) atoms. The number of hydrogen-bond donors (Lipinski definition) is 0. The van der Waals surface area contributed by atoms with Crippen LogP contribution in [0.15, 0.2) is 163 Å². The van der Waals surface area contributed by atoms with Crippen molar-refractivity contribution in [2.24, 2.45) is 92.7 Å². The van der Waals surface area contributed by atoms with Gasteiger partial charge in [-0.15, -0.1) is 0 Å². The summed E-state index contributed by atoms with van der Waals surface area (Å²) in [5.41, 5.74) is 4.66. The van der Waals surface area contributed by atoms with E-state index in [1.54, 1.807) is 0 Å². The van der Waals surface area contributed by atoms with Crippen LogP contribution >= 0.6 is 0 Å². The van der Waals surface area contributed by atoms with Gasteiger partial charge in [0.1, 0.15) is 70.1 Å². The average Bonchev–Trinajstić information content (AvgIpc) is 0.756. The molecule has 16 aliphatic rings. The summed E-state index contributed by atoms with van der Waals surface area (Å²) in [6, 6.07) is 45.7. The Balaban J connectivity index is 0.000000156. The lowest BCUT2D eigenvalue weighted by Crippen LogP contribution is -2.47. The fraction of sp³-hybridized carbons (Fsp3) is 0.570. The van der Waals surface area contributed by atoms with Crippen molar-refractivity contribution in [3.63, 3.8) is 0 Å². The van der Waals surface area contributed by atoms with Crippen LogP contribution in [-0.4, -0.2) is 82.1 Å². The van der Waals surface area contributed by atoms with E-state index in [4.69, 9.17) is 37.9 Å². The quantitative estimate of drug-likeness (QED) is 0.0145. The van der Waals surface area contributed by atoms with Gasteiger partial charge in [-0.25, -0.2) is 16.8 Å². The van der Waals surface area contributed by atoms with Gasteiger partial charge in [0.15, 0.2) is 29.4 Å². The number of benzene rings is 6. The molecule has 16 bridgehead atoms. The molecule has 0 atom stereocenters. The Kier molecular flexibility index (Phi) is 24.1. The van der Waals surface area contributed by atoms with Gasteiger partial charge in [-0.05, 0) is 347 Å². The minimum Gasteiger partial charge on any atom is -0.747 e. The molecular formula is C93H112O18S4. The maximum absolute atomic E-state index is 13.1. The second-order valence-corrected chi connectivity index (χ2v) is 44.6. The second-order valence-electron chi connectivity index (χ2n) is 37.5. The Hall–Kier alpha value is -7.08. The summed E-state index contributed by atoms with van der Waals surface area (Å²) >= 11 is 0. The molecule has 0 heterocycles. The standard InChI is InChI=1S/2C46H55O6S.CH4O6S2/c2*1-30-39(49-28-51-43(47)26-45-20-32-14-33(21-45)16-34(15-32)22-45)10-6-12-41(30)53(38-8-4-3-5-9-38)42-13-7-11-40(31(42)2)50-29-52-44(48)27-46-23-35-17-36(24-46)19-37(18-35)25-46;2-8(3,4)1-9(5,6)7/h2*3-13,32-37H,14-29H2,1-2H3;1H2,(H,2,3,4)(H,5,6,7)/q2*+1;/p-2. The molecule has 0 aromatic heterocycles. The Bertz CT molecular complexity index is 4110. The van der Waals surface area contributed by atoms with Gasteiger partial charge in [-0.3, -0.25) is 19.2 Å². The molecule has 0 unspecified atom stereocenters. The zero-order valence-electron chi connectivity index (χ0n) is 66.9. The van der Waals surface area contributed by atoms with Crippen molar-refractivity contribution in [3.05, 3.63) is 156 Å². The molecule has 16 fully saturated rings. The lowest BCUT2D eigenvalue weighted by atomic mass is 9.49. The van der Waals surface area contributed by atoms with Crippen LogP contribution in [0, 0.1) is 120 Å². The summed E-state index contributed by atoms with van der Waals surface area (Å²) < 4.78 is 105. The predicted octanol–water partition coefficient (Wildman–Crippen LogP) is 18.8. The number of carbonyl (C=O) groups is 4. The molecule has 18 nitrogen and oxygen atoms in total. The van der Waals surface area contributed by atoms with E-state index >= 15 is 0 Å². The Labute approximate surface area is 684 Å². The minimum absolute atomic E-state index is 0.0848. The van der Waals surface area contributed by atoms with Crippen molar-refractivity contribution in [3.8, 4) is 23.0 Å². The van der Waals surface area contributed by atoms with Crippen LogP contribution in [0.1, 0.15) is 202 Å². The van der Waals surface area contributed by atoms with Crippen molar-refractivity contribution in [2.75, 3.05) is 32.3 Å². The van der Waals surface area contributed by atoms with Crippen LogP contribution in [0.2, 0.25) is 0 Å². The third-order valence-corrected chi connectivity index (χ3v) is 35.9. The highest BCUT2D eigenvalue weighted by Gasteiger charge is 2.56. The normalized spacial score (nSPS) is 30.9. The van der Waals surface area contributed by atoms with Crippen LogP contribution in [0.3, 0.4) is 0 Å². The molecule has 0 radical (unpaired) electrons. The Morgan fingerprint density at radius 2 is 0.496 bits per heavy atom. The molecule has 16 saturated carbocycles. The maximum Gasteiger partial charge on any atom is 0.309 e. The van der Waals surface area contributed by atoms with E-state index in [9.17, 15) is 45.1 Å². The average molecular weight is 1650 g/mol. The summed E-state index contributed by atoms with van der Waals surface area (Å²) in [6.07, 6.45) is 32.8. The van der Waals surface area contributed by atoms with E-state index in [1.807, 2.05) is 60.7 Å². The third-order valence-electron chi connectivity index (χ3n) is 28.5. The molecule has 22 rings (SSSR count). The number of ether oxygens (including phenoxy) is 8. The molecule has 16 aliphatic carbocycles. The summed E-state index contributed by atoms with van der Waals surface area (Å²) in [7, 11) is -10.8. The molecule has 0 saturated heterocycles. The summed E-state index contributed by atoms with van der Waals surface area (Å²) in [4.78, 5) is 59.4. The smallest absolute Gasteiger partial charge is 0.309 e. The minimum atomic E-state index is -4.93. The van der Waals surface area contributed by atoms with Crippen LogP contribution in [0.5, 0.6) is 23.0 Å². The summed E-state index contributed by atoms with van der Waals surface area (Å²) in [5.74, 6) is 12.1. The van der Waals surface area contributed by atoms with E-state index in [-0.39, 0.29) is 72.7 Å². The fourth-order valence-electron chi connectivity index (χ4n) is 26.0. The molecule has 0 spiro atoms. The molecule has 616 valence electrons. The Morgan fingerprint density at radius 3 is 0.670 bits per heavy atom. The zero-order chi connectivity index (χ0) is 80.0. The first-order valence-corrected chi connectivity index (χ1v) is 47.7. The van der Waals surface area contributed by atoms with Gasteiger partial charge in [0.05, 0.1) is 25.7 Å². The van der Waals surface area contributed by atoms with E-state index in [0.717, 1.165) is 136 Å². The highest BCUT2D eigenvalue weighted by molar-refractivity contribution is 8.02. The first-order chi connectivity index (χ1) is 55.1. The van der Waals surface area contributed by atoms with E-state index in [1.165, 1.54) is 164 Å². The molecule has 6 aromatic rings. The topological polar surface area (TPSA) is 257 Å². The van der Waals surface area contributed by atoms with E-state index in [0.29, 0.717) is 25.7 Å². The van der Waals surface area contributed by atoms with E-state index in [2.05, 4.69) is 100 Å². The molecule has 0 aliphatic heterocycles. The maximum atomic E-state index is 13.1. The highest BCUT2D eigenvalue weighted by Crippen LogP contribution is 2.65. The monoisotopic (exact) mass is 1640 g/mol. The van der Waals surface area contributed by atoms with Gasteiger partial charge in [0.25, 0.3) is 0 Å². The lowest BCUT2D eigenvalue weighted by molar-refractivity contribution is -0.159. The molecule has 0 amide bonds. The van der Waals surface area contributed by atoms with Crippen LogP contribution in [0.25, 0.3) is 0 Å². The van der Waals surface area contributed by atoms with Crippen molar-refractivity contribution >= 4 is 65.9 Å². The first-order valence-electron chi connectivity index (χ1n) is 42.1. The van der Waals surface area contributed by atoms with Gasteiger partial charge in [-0.2, -0.15) is 0 Å². The summed E-state index contributed by atoms with van der Waals surface area (Å²) in [5, 5.41) is -1.88. The molecule has 6 aromatic carbocycles. The van der Waals surface area contributed by atoms with Crippen LogP contribution in [0.4, 0.5) is 0 Å². The molecular weight excluding hydrogens is 1530 g/mol. The first kappa shape index (κ1) is 81.7. The van der Waals surface area contributed by atoms with Gasteiger partial charge in [0.2, 0.25) is 27.2 Å². The van der Waals surface area contributed by atoms with Crippen molar-refractivity contribution in [1.29, 1.82) is 0 Å². The van der Waals surface area contributed by atoms with Gasteiger partial charge in [0, 0.05) is 22.3 Å². The highest BCUT2D eigenvalue weighted by atomic mass is 32.3. The van der Waals surface area contributed by atoms with Gasteiger partial charge in [-0.1, -0.05) is 60.7 Å². The molecule has 0 N–H and O–H groups in total. The van der Waals surface area contributed by atoms with Crippen LogP contribution < -0.4 is 18.9 Å². The van der Waals surface area contributed by atoms with Gasteiger partial charge >= 0.3 is 23.9 Å². The number of carbonyl (C=O) groups excluding carboxylic acids is 4. The SMILES string of the molecule is Cc1c(OCOC(=O)CC23CC4CC(CC(C4)C2)C3)cccc1[S+](c1ccccc1)c1cccc(OCOC(=O)CC23CC4CC(CC(C4)C2)C3)c1C.Cc1c(OCOC(=O)CC23CC4CC(CC(C4)C2)C3)cccc1[S+](c1ccccc1)c1cccc(OCOC(=O)CC23CC4CC(CC(C4)C2)C3)c1C.O=S(=O)([O-])CS(=O)(=O)[O-]. The number of esters is 4. The lowest BCUT2D eigenvalue weighted by Gasteiger charge is -2.56. The predicted molar refractivity (Wildman–Crippen MR) is 433 cm³/mol. The largest absolute Gasteiger partial charge is 0.747 e. The van der Waals surface area contributed by atoms with Crippen molar-refractivity contribution in [1.82, 2.24) is 0 Å². The van der Waals surface area contributed by atoms with Crippen molar-refractivity contribution < 1.29 is 83.0 Å². The molecule has 22 heteroatoms. The third kappa shape index (κ3) is 19.3. The van der Waals surface area contributed by atoms with Gasteiger partial charge < -0.3 is 47.0 Å². The summed E-state index contributed by atoms with van der Waals surface area (Å²) in [6.45, 7) is 8.01. The zero-order valence-corrected chi connectivity index (χ0v) is 70.2. The second kappa shape index (κ2) is 34.0. The van der Waals surface area contributed by atoms with E-state index < -0.39 is 47.1 Å². The Morgan fingerprint density at radius 1 is 0.304 bits per heavy atom. The number of rotatable bonds is 28. The van der Waals surface area contributed by atoms with Crippen LogP contribution in [-0.2, 0) is 80.2 Å². The fourth-order valence-corrected chi connectivity index (χ4v) is 32.3.